The Morgan fingerprint density at radius 1 is 1.27 bits per heavy atom. The molecule has 1 aliphatic rings. The second kappa shape index (κ2) is 7.27. The molecule has 1 nitrogen and oxygen atoms in total. The fourth-order valence-corrected chi connectivity index (χ4v) is 2.97. The fraction of sp³-hybridized carbons (Fsp3) is 0.923. The molecular formula is C13H23ClO. The van der Waals surface area contributed by atoms with E-state index in [1.54, 1.807) is 0 Å². The molecule has 0 aromatic carbocycles. The van der Waals surface area contributed by atoms with E-state index < -0.39 is 0 Å². The van der Waals surface area contributed by atoms with Crippen molar-refractivity contribution >= 4 is 16.8 Å². The van der Waals surface area contributed by atoms with Crippen molar-refractivity contribution < 1.29 is 4.79 Å². The largest absolute Gasteiger partial charge is 0.281 e. The molecule has 15 heavy (non-hydrogen) atoms. The van der Waals surface area contributed by atoms with Crippen molar-refractivity contribution in [2.75, 3.05) is 0 Å². The van der Waals surface area contributed by atoms with Crippen molar-refractivity contribution in [1.29, 1.82) is 0 Å². The van der Waals surface area contributed by atoms with E-state index in [0.717, 1.165) is 12.8 Å². The summed E-state index contributed by atoms with van der Waals surface area (Å²) in [5.41, 5.74) is 0. The third-order valence-corrected chi connectivity index (χ3v) is 3.91. The summed E-state index contributed by atoms with van der Waals surface area (Å²) in [6.07, 6.45) is 11.0. The average Bonchev–Trinajstić information content (AvgIpc) is 2.25. The maximum atomic E-state index is 11.4. The van der Waals surface area contributed by atoms with Gasteiger partial charge in [-0.1, -0.05) is 45.4 Å². The lowest BCUT2D eigenvalue weighted by Crippen LogP contribution is -2.22. The first-order valence-corrected chi connectivity index (χ1v) is 6.82. The number of unbranched alkanes of at least 4 members (excludes halogenated alkanes) is 2. The van der Waals surface area contributed by atoms with Crippen LogP contribution in [0, 0.1) is 11.8 Å². The number of hydrogen-bond acceptors (Lipinski definition) is 1. The number of rotatable bonds is 6. The molecule has 0 amide bonds. The minimum absolute atomic E-state index is 0.0852. The molecule has 0 aliphatic heterocycles. The number of carbonyl (C=O) groups is 1. The lowest BCUT2D eigenvalue weighted by molar-refractivity contribution is -0.117. The molecule has 1 fully saturated rings. The summed E-state index contributed by atoms with van der Waals surface area (Å²) in [7, 11) is 0. The van der Waals surface area contributed by atoms with Crippen LogP contribution >= 0.6 is 11.6 Å². The summed E-state index contributed by atoms with van der Waals surface area (Å²) in [5, 5.41) is -0.0852. The summed E-state index contributed by atoms with van der Waals surface area (Å²) in [6.45, 7) is 2.19. The van der Waals surface area contributed by atoms with E-state index in [2.05, 4.69) is 6.92 Å². The highest BCUT2D eigenvalue weighted by molar-refractivity contribution is 6.64. The van der Waals surface area contributed by atoms with Gasteiger partial charge in [0.1, 0.15) is 0 Å². The normalized spacial score (nSPS) is 20.1. The second-order valence-electron chi connectivity index (χ2n) is 4.80. The molecule has 1 atom stereocenters. The van der Waals surface area contributed by atoms with Crippen molar-refractivity contribution in [3.05, 3.63) is 0 Å². The first-order chi connectivity index (χ1) is 7.25. The number of halogens is 1. The SMILES string of the molecule is CCCCCC(C(=O)Cl)C1CCCCC1. The van der Waals surface area contributed by atoms with E-state index in [1.165, 1.54) is 44.9 Å². The van der Waals surface area contributed by atoms with Gasteiger partial charge in [-0.3, -0.25) is 4.79 Å². The van der Waals surface area contributed by atoms with Crippen LogP contribution in [0.4, 0.5) is 0 Å². The second-order valence-corrected chi connectivity index (χ2v) is 5.18. The highest BCUT2D eigenvalue weighted by Crippen LogP contribution is 2.34. The molecule has 0 spiro atoms. The van der Waals surface area contributed by atoms with Crippen LogP contribution in [0.15, 0.2) is 0 Å². The molecule has 0 aromatic rings. The first kappa shape index (κ1) is 13.0. The predicted octanol–water partition coefficient (Wildman–Crippen LogP) is 4.53. The van der Waals surface area contributed by atoms with Gasteiger partial charge < -0.3 is 0 Å². The van der Waals surface area contributed by atoms with Gasteiger partial charge in [-0.15, -0.1) is 0 Å². The molecule has 1 saturated carbocycles. The highest BCUT2D eigenvalue weighted by atomic mass is 35.5. The van der Waals surface area contributed by atoms with Crippen LogP contribution in [0.3, 0.4) is 0 Å². The van der Waals surface area contributed by atoms with Crippen LogP contribution in [0.5, 0.6) is 0 Å². The minimum Gasteiger partial charge on any atom is -0.281 e. The third-order valence-electron chi connectivity index (χ3n) is 3.63. The van der Waals surface area contributed by atoms with Gasteiger partial charge in [0.2, 0.25) is 5.24 Å². The van der Waals surface area contributed by atoms with Crippen molar-refractivity contribution in [3.63, 3.8) is 0 Å². The van der Waals surface area contributed by atoms with Crippen LogP contribution in [-0.2, 0) is 4.79 Å². The number of hydrogen-bond donors (Lipinski definition) is 0. The molecule has 0 saturated heterocycles. The molecule has 0 N–H and O–H groups in total. The summed E-state index contributed by atoms with van der Waals surface area (Å²) in [6, 6.07) is 0. The standard InChI is InChI=1S/C13H23ClO/c1-2-3-5-10-12(13(14)15)11-8-6-4-7-9-11/h11-12H,2-10H2,1H3. The van der Waals surface area contributed by atoms with E-state index in [-0.39, 0.29) is 11.2 Å². The Balaban J connectivity index is 2.37. The molecule has 0 bridgehead atoms. The van der Waals surface area contributed by atoms with Gasteiger partial charge in [0, 0.05) is 5.92 Å². The molecular weight excluding hydrogens is 208 g/mol. The Labute approximate surface area is 98.6 Å². The van der Waals surface area contributed by atoms with Crippen molar-refractivity contribution in [2.45, 2.75) is 64.7 Å². The lowest BCUT2D eigenvalue weighted by Gasteiger charge is -2.27. The van der Waals surface area contributed by atoms with Gasteiger partial charge in [-0.2, -0.15) is 0 Å². The molecule has 0 heterocycles. The monoisotopic (exact) mass is 230 g/mol. The smallest absolute Gasteiger partial charge is 0.224 e. The summed E-state index contributed by atoms with van der Waals surface area (Å²) < 4.78 is 0. The van der Waals surface area contributed by atoms with E-state index in [0.29, 0.717) is 5.92 Å². The Bertz CT molecular complexity index is 185. The summed E-state index contributed by atoms with van der Waals surface area (Å²) in [5.74, 6) is 0.735. The molecule has 88 valence electrons. The Hall–Kier alpha value is -0.0400. The van der Waals surface area contributed by atoms with E-state index >= 15 is 0 Å². The molecule has 1 unspecified atom stereocenters. The third kappa shape index (κ3) is 4.55. The van der Waals surface area contributed by atoms with Gasteiger partial charge in [0.05, 0.1) is 0 Å². The summed E-state index contributed by atoms with van der Waals surface area (Å²) in [4.78, 5) is 11.4. The van der Waals surface area contributed by atoms with Gasteiger partial charge in [0.25, 0.3) is 0 Å². The molecule has 1 rings (SSSR count). The summed E-state index contributed by atoms with van der Waals surface area (Å²) >= 11 is 5.72. The zero-order valence-electron chi connectivity index (χ0n) is 9.80. The molecule has 0 radical (unpaired) electrons. The first-order valence-electron chi connectivity index (χ1n) is 6.45. The average molecular weight is 231 g/mol. The van der Waals surface area contributed by atoms with Crippen LogP contribution in [0.25, 0.3) is 0 Å². The molecule has 0 aromatic heterocycles. The van der Waals surface area contributed by atoms with Crippen molar-refractivity contribution in [3.8, 4) is 0 Å². The predicted molar refractivity (Wildman–Crippen MR) is 65.1 cm³/mol. The van der Waals surface area contributed by atoms with Gasteiger partial charge in [-0.25, -0.2) is 0 Å². The Morgan fingerprint density at radius 3 is 2.47 bits per heavy atom. The molecule has 2 heteroatoms. The van der Waals surface area contributed by atoms with E-state index in [4.69, 9.17) is 11.6 Å². The van der Waals surface area contributed by atoms with E-state index in [9.17, 15) is 4.79 Å². The van der Waals surface area contributed by atoms with Crippen LogP contribution in [0.1, 0.15) is 64.7 Å². The maximum Gasteiger partial charge on any atom is 0.224 e. The van der Waals surface area contributed by atoms with Crippen molar-refractivity contribution in [2.24, 2.45) is 11.8 Å². The van der Waals surface area contributed by atoms with Crippen LogP contribution in [0.2, 0.25) is 0 Å². The zero-order valence-corrected chi connectivity index (χ0v) is 10.6. The Morgan fingerprint density at radius 2 is 1.93 bits per heavy atom. The topological polar surface area (TPSA) is 17.1 Å². The fourth-order valence-electron chi connectivity index (χ4n) is 2.69. The quantitative estimate of drug-likeness (QED) is 0.484. The van der Waals surface area contributed by atoms with Gasteiger partial charge in [-0.05, 0) is 36.8 Å². The maximum absolute atomic E-state index is 11.4. The van der Waals surface area contributed by atoms with Crippen LogP contribution < -0.4 is 0 Å². The lowest BCUT2D eigenvalue weighted by atomic mass is 9.78. The van der Waals surface area contributed by atoms with Gasteiger partial charge in [0.15, 0.2) is 0 Å². The van der Waals surface area contributed by atoms with E-state index in [1.807, 2.05) is 0 Å². The van der Waals surface area contributed by atoms with Crippen LogP contribution in [-0.4, -0.2) is 5.24 Å². The zero-order chi connectivity index (χ0) is 11.1. The highest BCUT2D eigenvalue weighted by Gasteiger charge is 2.27. The van der Waals surface area contributed by atoms with Crippen molar-refractivity contribution in [1.82, 2.24) is 0 Å². The molecule has 1 aliphatic carbocycles. The minimum atomic E-state index is -0.0852. The Kier molecular flexibility index (Phi) is 6.31. The van der Waals surface area contributed by atoms with Gasteiger partial charge >= 0.3 is 0 Å². The number of carbonyl (C=O) groups excluding carboxylic acids is 1.